The molecule has 5 nitrogen and oxygen atoms in total. The van der Waals surface area contributed by atoms with Gasteiger partial charge in [0.05, 0.1) is 0 Å². The number of amides is 2. The molecule has 2 aromatic carbocycles. The molecule has 0 spiro atoms. The number of benzene rings is 2. The van der Waals surface area contributed by atoms with E-state index in [4.69, 9.17) is 0 Å². The molecule has 1 fully saturated rings. The Hall–Kier alpha value is -2.82. The second kappa shape index (κ2) is 7.20. The molecule has 136 valence electrons. The van der Waals surface area contributed by atoms with E-state index in [1.807, 2.05) is 80.5 Å². The number of hydrogen-bond acceptors (Lipinski definition) is 3. The van der Waals surface area contributed by atoms with Crippen LogP contribution in [0.2, 0.25) is 0 Å². The third kappa shape index (κ3) is 3.43. The predicted octanol–water partition coefficient (Wildman–Crippen LogP) is 3.52. The summed E-state index contributed by atoms with van der Waals surface area (Å²) < 4.78 is 0. The maximum absolute atomic E-state index is 13.1. The molecule has 0 aliphatic heterocycles. The quantitative estimate of drug-likeness (QED) is 0.810. The highest BCUT2D eigenvalue weighted by Gasteiger charge is 2.58. The van der Waals surface area contributed by atoms with Gasteiger partial charge in [0.2, 0.25) is 11.8 Å². The molecule has 3 rings (SSSR count). The van der Waals surface area contributed by atoms with Gasteiger partial charge in [-0.25, -0.2) is 0 Å². The van der Waals surface area contributed by atoms with E-state index in [1.54, 1.807) is 4.90 Å². The largest absolute Gasteiger partial charge is 0.378 e. The Balaban J connectivity index is 1.75. The Kier molecular flexibility index (Phi) is 4.98. The maximum Gasteiger partial charge on any atom is 0.242 e. The lowest BCUT2D eigenvalue weighted by atomic mass is 10.0. The molecule has 2 amide bonds. The zero-order valence-corrected chi connectivity index (χ0v) is 15.5. The van der Waals surface area contributed by atoms with Gasteiger partial charge >= 0.3 is 0 Å². The summed E-state index contributed by atoms with van der Waals surface area (Å²) in [5.41, 5.74) is 1.66. The molecular weight excluding hydrogens is 326 g/mol. The van der Waals surface area contributed by atoms with Gasteiger partial charge in [-0.05, 0) is 56.2 Å². The lowest BCUT2D eigenvalue weighted by Gasteiger charge is -2.26. The van der Waals surface area contributed by atoms with Gasteiger partial charge in [0.15, 0.2) is 0 Å². The van der Waals surface area contributed by atoms with Crippen molar-refractivity contribution in [1.29, 1.82) is 0 Å². The minimum atomic E-state index is -0.938. The van der Waals surface area contributed by atoms with Crippen molar-refractivity contribution in [3.63, 3.8) is 0 Å². The summed E-state index contributed by atoms with van der Waals surface area (Å²) in [6.07, 6.45) is 1.19. The van der Waals surface area contributed by atoms with Crippen molar-refractivity contribution >= 4 is 28.9 Å². The van der Waals surface area contributed by atoms with Crippen LogP contribution in [0, 0.1) is 5.41 Å². The monoisotopic (exact) mass is 351 g/mol. The van der Waals surface area contributed by atoms with Crippen LogP contribution in [0.1, 0.15) is 19.8 Å². The number of carbonyl (C=O) groups excluding carboxylic acids is 2. The fraction of sp³-hybridized carbons (Fsp3) is 0.333. The van der Waals surface area contributed by atoms with Gasteiger partial charge in [-0.3, -0.25) is 9.59 Å². The van der Waals surface area contributed by atoms with Crippen LogP contribution in [0.15, 0.2) is 54.6 Å². The summed E-state index contributed by atoms with van der Waals surface area (Å²) in [4.78, 5) is 29.6. The predicted molar refractivity (Wildman–Crippen MR) is 106 cm³/mol. The molecule has 0 atom stereocenters. The van der Waals surface area contributed by atoms with Gasteiger partial charge in [0.25, 0.3) is 0 Å². The van der Waals surface area contributed by atoms with Crippen molar-refractivity contribution in [2.45, 2.75) is 19.8 Å². The highest BCUT2D eigenvalue weighted by molar-refractivity contribution is 6.17. The molecule has 1 aliphatic rings. The van der Waals surface area contributed by atoms with Crippen molar-refractivity contribution < 1.29 is 9.59 Å². The summed E-state index contributed by atoms with van der Waals surface area (Å²) in [5, 5.41) is 2.92. The zero-order valence-electron chi connectivity index (χ0n) is 15.5. The molecule has 2 aromatic rings. The first-order valence-corrected chi connectivity index (χ1v) is 8.94. The minimum Gasteiger partial charge on any atom is -0.378 e. The fourth-order valence-corrected chi connectivity index (χ4v) is 3.07. The number of rotatable bonds is 6. The van der Waals surface area contributed by atoms with Gasteiger partial charge < -0.3 is 15.1 Å². The van der Waals surface area contributed by atoms with Crippen LogP contribution in [-0.4, -0.2) is 32.5 Å². The Morgan fingerprint density at radius 3 is 2.08 bits per heavy atom. The lowest BCUT2D eigenvalue weighted by molar-refractivity contribution is -0.132. The minimum absolute atomic E-state index is 0.117. The van der Waals surface area contributed by atoms with Crippen LogP contribution in [0.25, 0.3) is 0 Å². The average Bonchev–Trinajstić information content (AvgIpc) is 3.45. The molecule has 0 saturated heterocycles. The van der Waals surface area contributed by atoms with Gasteiger partial charge in [-0.2, -0.15) is 0 Å². The van der Waals surface area contributed by atoms with Crippen LogP contribution >= 0.6 is 0 Å². The van der Waals surface area contributed by atoms with Crippen LogP contribution < -0.4 is 15.1 Å². The highest BCUT2D eigenvalue weighted by Crippen LogP contribution is 2.48. The summed E-state index contributed by atoms with van der Waals surface area (Å²) in [6.45, 7) is 2.47. The Labute approximate surface area is 154 Å². The Morgan fingerprint density at radius 1 is 0.962 bits per heavy atom. The van der Waals surface area contributed by atoms with Crippen molar-refractivity contribution in [1.82, 2.24) is 0 Å². The Morgan fingerprint density at radius 2 is 1.58 bits per heavy atom. The topological polar surface area (TPSA) is 52.7 Å². The highest BCUT2D eigenvalue weighted by atomic mass is 16.2. The van der Waals surface area contributed by atoms with E-state index in [0.717, 1.165) is 11.4 Å². The summed E-state index contributed by atoms with van der Waals surface area (Å²) in [5.74, 6) is -0.330. The number of nitrogens with one attached hydrogen (secondary N) is 1. The number of anilines is 3. The van der Waals surface area contributed by atoms with Crippen LogP contribution in [0.3, 0.4) is 0 Å². The van der Waals surface area contributed by atoms with Crippen LogP contribution in [-0.2, 0) is 9.59 Å². The fourth-order valence-electron chi connectivity index (χ4n) is 3.07. The third-order valence-electron chi connectivity index (χ3n) is 4.86. The first-order valence-electron chi connectivity index (χ1n) is 8.94. The summed E-state index contributed by atoms with van der Waals surface area (Å²) in [7, 11) is 3.93. The maximum atomic E-state index is 13.1. The lowest BCUT2D eigenvalue weighted by Crippen LogP contribution is -2.43. The molecule has 26 heavy (non-hydrogen) atoms. The molecule has 0 aromatic heterocycles. The van der Waals surface area contributed by atoms with E-state index in [0.29, 0.717) is 25.1 Å². The molecule has 1 aliphatic carbocycles. The number of nitrogens with zero attached hydrogens (tertiary/aromatic N) is 2. The first-order chi connectivity index (χ1) is 12.5. The van der Waals surface area contributed by atoms with Gasteiger partial charge in [0.1, 0.15) is 5.41 Å². The summed E-state index contributed by atoms with van der Waals surface area (Å²) >= 11 is 0. The average molecular weight is 351 g/mol. The van der Waals surface area contributed by atoms with Crippen LogP contribution in [0.4, 0.5) is 17.1 Å². The van der Waals surface area contributed by atoms with E-state index in [-0.39, 0.29) is 11.8 Å². The molecular formula is C21H25N3O2. The standard InChI is InChI=1S/C21H25N3O2/c1-4-24(18-8-6-5-7-9-18)20(26)21(14-15-21)19(25)22-16-10-12-17(13-11-16)23(2)3/h5-13H,4,14-15H2,1-3H3,(H,22,25). The second-order valence-corrected chi connectivity index (χ2v) is 6.86. The molecule has 0 unspecified atom stereocenters. The molecule has 0 radical (unpaired) electrons. The third-order valence-corrected chi connectivity index (χ3v) is 4.86. The molecule has 0 heterocycles. The molecule has 5 heteroatoms. The van der Waals surface area contributed by atoms with E-state index in [2.05, 4.69) is 5.32 Å². The van der Waals surface area contributed by atoms with E-state index < -0.39 is 5.41 Å². The van der Waals surface area contributed by atoms with Gasteiger partial charge in [-0.1, -0.05) is 18.2 Å². The van der Waals surface area contributed by atoms with Gasteiger partial charge in [-0.15, -0.1) is 0 Å². The first kappa shape index (κ1) is 18.0. The smallest absolute Gasteiger partial charge is 0.242 e. The van der Waals surface area contributed by atoms with E-state index in [1.165, 1.54) is 0 Å². The van der Waals surface area contributed by atoms with Crippen molar-refractivity contribution in [2.75, 3.05) is 35.8 Å². The summed E-state index contributed by atoms with van der Waals surface area (Å²) in [6, 6.07) is 17.1. The normalized spacial score (nSPS) is 14.4. The number of hydrogen-bond donors (Lipinski definition) is 1. The SMILES string of the molecule is CCN(C(=O)C1(C(=O)Nc2ccc(N(C)C)cc2)CC1)c1ccccc1. The van der Waals surface area contributed by atoms with E-state index in [9.17, 15) is 9.59 Å². The molecule has 1 saturated carbocycles. The second-order valence-electron chi connectivity index (χ2n) is 6.86. The van der Waals surface area contributed by atoms with Crippen molar-refractivity contribution in [3.05, 3.63) is 54.6 Å². The number of para-hydroxylation sites is 1. The molecule has 1 N–H and O–H groups in total. The van der Waals surface area contributed by atoms with Gasteiger partial charge in [0, 0.05) is 37.7 Å². The van der Waals surface area contributed by atoms with E-state index >= 15 is 0 Å². The Bertz CT molecular complexity index is 781. The molecule has 0 bridgehead atoms. The number of carbonyl (C=O) groups is 2. The van der Waals surface area contributed by atoms with Crippen molar-refractivity contribution in [3.8, 4) is 0 Å². The van der Waals surface area contributed by atoms with Crippen LogP contribution in [0.5, 0.6) is 0 Å². The zero-order chi connectivity index (χ0) is 18.7. The van der Waals surface area contributed by atoms with Crippen molar-refractivity contribution in [2.24, 2.45) is 5.41 Å².